The van der Waals surface area contributed by atoms with Crippen molar-refractivity contribution in [2.45, 2.75) is 45.3 Å². The molecule has 0 spiro atoms. The van der Waals surface area contributed by atoms with E-state index in [9.17, 15) is 9.90 Å². The summed E-state index contributed by atoms with van der Waals surface area (Å²) in [5.41, 5.74) is 5.96. The Balaban J connectivity index is 1.38. The molecule has 5 heterocycles. The largest absolute Gasteiger partial charge is 0.488 e. The molecule has 13 nitrogen and oxygen atoms in total. The monoisotopic (exact) mass is 504 g/mol. The van der Waals surface area contributed by atoms with Crippen LogP contribution in [0.1, 0.15) is 27.0 Å². The first-order chi connectivity index (χ1) is 16.6. The molecule has 2 saturated heterocycles. The second-order valence-corrected chi connectivity index (χ2v) is 10.9. The third kappa shape index (κ3) is 4.41. The van der Waals surface area contributed by atoms with Gasteiger partial charge in [0.1, 0.15) is 25.1 Å². The van der Waals surface area contributed by atoms with Gasteiger partial charge in [-0.3, -0.25) is 9.36 Å². The molecule has 3 aromatic heterocycles. The molecule has 3 N–H and O–H groups in total. The maximum atomic E-state index is 12.0. The standard InChI is InChI=1S/C20H24BN5O8P/c1-20(2,3)19(28)30-9-32-35(21)31-7-11-14(34-35)13(27)18(33-11)26-16(10-5-4-6-29-10)25-12-15(22)23-8-24-17(12)26/h4-6,8,11,13-14,18,27H,7,9H2,1-3H3,(H2,22,23,24)/q+1/t11-,13?,14-,18-,35?/m1/s1. The Bertz CT molecular complexity index is 1230. The van der Waals surface area contributed by atoms with E-state index in [4.69, 9.17) is 40.8 Å². The molecule has 0 aliphatic carbocycles. The molecule has 0 amide bonds. The first-order valence-corrected chi connectivity index (χ1v) is 12.4. The van der Waals surface area contributed by atoms with Crippen LogP contribution >= 0.6 is 7.82 Å². The van der Waals surface area contributed by atoms with Crippen LogP contribution < -0.4 is 5.73 Å². The first-order valence-electron chi connectivity index (χ1n) is 10.8. The van der Waals surface area contributed by atoms with Gasteiger partial charge in [-0.1, -0.05) is 0 Å². The fourth-order valence-corrected chi connectivity index (χ4v) is 5.11. The summed E-state index contributed by atoms with van der Waals surface area (Å²) in [5, 5.41) is 11.2. The van der Waals surface area contributed by atoms with Crippen LogP contribution in [-0.4, -0.2) is 69.9 Å². The number of anilines is 1. The van der Waals surface area contributed by atoms with Gasteiger partial charge in [0.15, 0.2) is 40.9 Å². The molecule has 2 aliphatic heterocycles. The van der Waals surface area contributed by atoms with Gasteiger partial charge in [0.2, 0.25) is 6.79 Å². The number of furan rings is 1. The Morgan fingerprint density at radius 3 is 2.91 bits per heavy atom. The molecule has 3 aromatic rings. The second-order valence-electron chi connectivity index (χ2n) is 9.10. The topological polar surface area (TPSA) is 166 Å². The van der Waals surface area contributed by atoms with Gasteiger partial charge in [0.05, 0.1) is 11.7 Å². The van der Waals surface area contributed by atoms with Crippen LogP contribution in [0.25, 0.3) is 22.7 Å². The lowest BCUT2D eigenvalue weighted by molar-refractivity contribution is -0.161. The van der Waals surface area contributed by atoms with E-state index in [1.165, 1.54) is 12.6 Å². The lowest BCUT2D eigenvalue weighted by Gasteiger charge is -2.30. The number of nitrogens with zero attached hydrogens (tertiary/aromatic N) is 4. The van der Waals surface area contributed by atoms with Crippen molar-refractivity contribution >= 4 is 38.3 Å². The van der Waals surface area contributed by atoms with Gasteiger partial charge in [-0.15, -0.1) is 0 Å². The lowest BCUT2D eigenvalue weighted by atomic mass is 9.98. The number of rotatable bonds is 5. The SMILES string of the molecule is [B][P+]1(OCOC(=O)C(C)(C)C)OC[C@H]2O[C@@H](n3c(-c4ccco4)nc4c(N)ncnc43)C(O)[C@@H]2O1. The van der Waals surface area contributed by atoms with Crippen molar-refractivity contribution in [3.05, 3.63) is 24.7 Å². The van der Waals surface area contributed by atoms with Crippen molar-refractivity contribution in [1.29, 1.82) is 0 Å². The summed E-state index contributed by atoms with van der Waals surface area (Å²) in [5.74, 6) is 0.438. The molecule has 5 atom stereocenters. The summed E-state index contributed by atoms with van der Waals surface area (Å²) in [4.78, 5) is 24.8. The fourth-order valence-electron chi connectivity index (χ4n) is 3.76. The van der Waals surface area contributed by atoms with Crippen molar-refractivity contribution < 1.29 is 37.4 Å². The average Bonchev–Trinajstić information content (AvgIpc) is 3.51. The summed E-state index contributed by atoms with van der Waals surface area (Å²) in [6.45, 7) is 4.66. The number of carbonyl (C=O) groups excluding carboxylic acids is 1. The fraction of sp³-hybridized carbons (Fsp3) is 0.500. The van der Waals surface area contributed by atoms with E-state index < -0.39 is 50.5 Å². The second kappa shape index (κ2) is 8.80. The quantitative estimate of drug-likeness (QED) is 0.224. The molecule has 0 saturated carbocycles. The van der Waals surface area contributed by atoms with Crippen molar-refractivity contribution in [1.82, 2.24) is 19.5 Å². The molecule has 2 unspecified atom stereocenters. The highest BCUT2D eigenvalue weighted by Gasteiger charge is 2.59. The number of carbonyl (C=O) groups is 1. The Kier molecular flexibility index (Phi) is 6.06. The zero-order valence-corrected chi connectivity index (χ0v) is 20.1. The zero-order chi connectivity index (χ0) is 25.0. The van der Waals surface area contributed by atoms with E-state index >= 15 is 0 Å². The molecule has 184 valence electrons. The average molecular weight is 504 g/mol. The van der Waals surface area contributed by atoms with Gasteiger partial charge >= 0.3 is 21.4 Å². The van der Waals surface area contributed by atoms with E-state index in [2.05, 4.69) is 15.0 Å². The van der Waals surface area contributed by atoms with E-state index in [1.54, 1.807) is 37.5 Å². The van der Waals surface area contributed by atoms with Crippen LogP contribution in [0, 0.1) is 5.41 Å². The highest BCUT2D eigenvalue weighted by molar-refractivity contribution is 7.85. The number of imidazole rings is 1. The van der Waals surface area contributed by atoms with Crippen molar-refractivity contribution in [3.8, 4) is 11.6 Å². The molecule has 35 heavy (non-hydrogen) atoms. The van der Waals surface area contributed by atoms with Crippen LogP contribution in [0.4, 0.5) is 5.82 Å². The summed E-state index contributed by atoms with van der Waals surface area (Å²) in [6, 6.07) is 3.41. The first kappa shape index (κ1) is 24.1. The number of nitrogen functional groups attached to an aromatic ring is 1. The summed E-state index contributed by atoms with van der Waals surface area (Å²) >= 11 is 0. The lowest BCUT2D eigenvalue weighted by Crippen LogP contribution is -2.41. The molecular weight excluding hydrogens is 480 g/mol. The molecule has 2 radical (unpaired) electrons. The van der Waals surface area contributed by atoms with Crippen LogP contribution in [0.5, 0.6) is 0 Å². The van der Waals surface area contributed by atoms with Gasteiger partial charge < -0.3 is 24.7 Å². The number of fused-ring (bicyclic) bond motifs is 2. The molecule has 0 bridgehead atoms. The normalized spacial score (nSPS) is 28.8. The zero-order valence-electron chi connectivity index (χ0n) is 19.2. The third-order valence-electron chi connectivity index (χ3n) is 5.53. The van der Waals surface area contributed by atoms with Crippen LogP contribution in [0.15, 0.2) is 29.1 Å². The molecular formula is C20H24BN5O8P+. The molecule has 5 rings (SSSR count). The van der Waals surface area contributed by atoms with E-state index in [1.807, 2.05) is 0 Å². The predicted molar refractivity (Wildman–Crippen MR) is 122 cm³/mol. The Labute approximate surface area is 201 Å². The van der Waals surface area contributed by atoms with Gasteiger partial charge in [-0.05, 0) is 32.9 Å². The number of esters is 1. The minimum Gasteiger partial charge on any atom is -0.461 e. The van der Waals surface area contributed by atoms with Gasteiger partial charge in [0, 0.05) is 0 Å². The van der Waals surface area contributed by atoms with Crippen LogP contribution in [0.3, 0.4) is 0 Å². The summed E-state index contributed by atoms with van der Waals surface area (Å²) < 4.78 is 35.2. The third-order valence-corrected chi connectivity index (χ3v) is 7.04. The number of ether oxygens (including phenoxy) is 2. The highest BCUT2D eigenvalue weighted by Crippen LogP contribution is 2.63. The Morgan fingerprint density at radius 2 is 2.20 bits per heavy atom. The van der Waals surface area contributed by atoms with Crippen molar-refractivity contribution in [3.63, 3.8) is 0 Å². The number of hydrogen-bond donors (Lipinski definition) is 2. The summed E-state index contributed by atoms with van der Waals surface area (Å²) in [7, 11) is 2.76. The number of aliphatic hydroxyl groups excluding tert-OH is 1. The van der Waals surface area contributed by atoms with Crippen molar-refractivity contribution in [2.24, 2.45) is 5.41 Å². The van der Waals surface area contributed by atoms with Gasteiger partial charge in [-0.2, -0.15) is 13.6 Å². The number of nitrogens with two attached hydrogens (primary N) is 1. The Hall–Kier alpha value is -2.61. The minimum atomic E-state index is -3.40. The van der Waals surface area contributed by atoms with E-state index in [0.29, 0.717) is 22.7 Å². The molecule has 0 aromatic carbocycles. The van der Waals surface area contributed by atoms with Crippen molar-refractivity contribution in [2.75, 3.05) is 19.1 Å². The molecule has 2 fully saturated rings. The highest BCUT2D eigenvalue weighted by atomic mass is 31.2. The molecule has 2 aliphatic rings. The smallest absolute Gasteiger partial charge is 0.461 e. The maximum absolute atomic E-state index is 12.0. The Morgan fingerprint density at radius 1 is 1.40 bits per heavy atom. The minimum absolute atomic E-state index is 0.0183. The number of aliphatic hydroxyl groups is 1. The van der Waals surface area contributed by atoms with Crippen LogP contribution in [0.2, 0.25) is 0 Å². The predicted octanol–water partition coefficient (Wildman–Crippen LogP) is 1.75. The van der Waals surface area contributed by atoms with Gasteiger partial charge in [-0.25, -0.2) is 15.0 Å². The summed E-state index contributed by atoms with van der Waals surface area (Å²) in [6.07, 6.45) is -0.986. The van der Waals surface area contributed by atoms with E-state index in [0.717, 1.165) is 0 Å². The van der Waals surface area contributed by atoms with Gasteiger partial charge in [0.25, 0.3) is 0 Å². The van der Waals surface area contributed by atoms with E-state index in [-0.39, 0.29) is 12.4 Å². The maximum Gasteiger partial charge on any atom is 0.488 e. The molecule has 15 heteroatoms. The van der Waals surface area contributed by atoms with Crippen LogP contribution in [-0.2, 0) is 27.8 Å². The number of hydrogen-bond acceptors (Lipinski definition) is 12. The number of aromatic nitrogens is 4.